The molecule has 1 aliphatic rings. The van der Waals surface area contributed by atoms with Gasteiger partial charge in [-0.3, -0.25) is 4.79 Å². The van der Waals surface area contributed by atoms with Gasteiger partial charge in [-0.15, -0.1) is 3.89 Å². The van der Waals surface area contributed by atoms with Crippen molar-refractivity contribution in [1.29, 1.82) is 0 Å². The van der Waals surface area contributed by atoms with Crippen LogP contribution in [0.5, 0.6) is 0 Å². The van der Waals surface area contributed by atoms with Crippen LogP contribution in [0.3, 0.4) is 0 Å². The fourth-order valence-electron chi connectivity index (χ4n) is 3.23. The number of amides is 1. The summed E-state index contributed by atoms with van der Waals surface area (Å²) < 4.78 is 34.2. The number of carbonyl (C=O) groups excluding carboxylic acids is 1. The quantitative estimate of drug-likeness (QED) is 0.789. The Labute approximate surface area is 135 Å². The Morgan fingerprint density at radius 2 is 1.87 bits per heavy atom. The monoisotopic (exact) mass is 335 g/mol. The molecule has 0 spiro atoms. The van der Waals surface area contributed by atoms with Crippen molar-refractivity contribution in [2.24, 2.45) is 5.92 Å². The molecule has 0 bridgehead atoms. The summed E-state index contributed by atoms with van der Waals surface area (Å²) in [4.78, 5) is 13.6. The van der Waals surface area contributed by atoms with Gasteiger partial charge >= 0.3 is 10.2 Å². The van der Waals surface area contributed by atoms with E-state index < -0.39 is 21.9 Å². The lowest BCUT2D eigenvalue weighted by molar-refractivity contribution is -0.127. The van der Waals surface area contributed by atoms with E-state index in [2.05, 4.69) is 6.07 Å². The molecule has 2 aromatic rings. The summed E-state index contributed by atoms with van der Waals surface area (Å²) in [7, 11) is -4.53. The highest BCUT2D eigenvalue weighted by molar-refractivity contribution is 7.86. The molecular formula is C17H18FNO3S. The molecule has 1 heterocycles. The standard InChI is InChI=1S/C17H18FNO3S/c18-23(21,22)12-13-10-17(20)19(11-13)9-8-15-6-3-5-14-4-1-2-7-16(14)15/h1-7,13H,8-12H2. The van der Waals surface area contributed by atoms with Gasteiger partial charge in [-0.2, -0.15) is 8.42 Å². The first-order valence-corrected chi connectivity index (χ1v) is 9.14. The summed E-state index contributed by atoms with van der Waals surface area (Å²) in [5, 5.41) is 2.31. The highest BCUT2D eigenvalue weighted by atomic mass is 32.3. The van der Waals surface area contributed by atoms with Gasteiger partial charge in [0.1, 0.15) is 0 Å². The summed E-state index contributed by atoms with van der Waals surface area (Å²) in [5.41, 5.74) is 1.15. The molecule has 122 valence electrons. The normalized spacial score (nSPS) is 18.7. The third-order valence-corrected chi connectivity index (χ3v) is 5.13. The van der Waals surface area contributed by atoms with Crippen molar-refractivity contribution in [2.45, 2.75) is 12.8 Å². The Bertz CT molecular complexity index is 829. The highest BCUT2D eigenvalue weighted by Gasteiger charge is 2.32. The third kappa shape index (κ3) is 3.88. The van der Waals surface area contributed by atoms with E-state index in [4.69, 9.17) is 0 Å². The van der Waals surface area contributed by atoms with Crippen LogP contribution in [-0.2, 0) is 21.4 Å². The summed E-state index contributed by atoms with van der Waals surface area (Å²) in [6.07, 6.45) is 0.806. The predicted molar refractivity (Wildman–Crippen MR) is 87.2 cm³/mol. The number of fused-ring (bicyclic) bond motifs is 1. The van der Waals surface area contributed by atoms with Crippen LogP contribution >= 0.6 is 0 Å². The van der Waals surface area contributed by atoms with Gasteiger partial charge < -0.3 is 4.90 Å². The van der Waals surface area contributed by atoms with Crippen molar-refractivity contribution < 1.29 is 17.1 Å². The zero-order chi connectivity index (χ0) is 16.4. The SMILES string of the molecule is O=C1CC(CS(=O)(=O)F)CN1CCc1cccc2ccccc12. The van der Waals surface area contributed by atoms with Crippen LogP contribution in [0.2, 0.25) is 0 Å². The van der Waals surface area contributed by atoms with Crippen molar-refractivity contribution >= 4 is 26.9 Å². The second-order valence-electron chi connectivity index (χ2n) is 6.00. The molecule has 1 saturated heterocycles. The van der Waals surface area contributed by atoms with E-state index in [1.165, 1.54) is 0 Å². The van der Waals surface area contributed by atoms with E-state index in [0.717, 1.165) is 16.3 Å². The molecule has 1 fully saturated rings. The van der Waals surface area contributed by atoms with Gasteiger partial charge in [0.05, 0.1) is 5.75 Å². The van der Waals surface area contributed by atoms with Crippen molar-refractivity contribution in [1.82, 2.24) is 4.90 Å². The summed E-state index contributed by atoms with van der Waals surface area (Å²) in [5.74, 6) is -1.10. The zero-order valence-electron chi connectivity index (χ0n) is 12.6. The molecule has 0 radical (unpaired) electrons. The van der Waals surface area contributed by atoms with Crippen LogP contribution in [0.4, 0.5) is 3.89 Å². The average Bonchev–Trinajstić information content (AvgIpc) is 2.82. The van der Waals surface area contributed by atoms with Crippen molar-refractivity contribution in [3.05, 3.63) is 48.0 Å². The molecule has 23 heavy (non-hydrogen) atoms. The van der Waals surface area contributed by atoms with E-state index in [1.54, 1.807) is 4.90 Å². The fourth-order valence-corrected chi connectivity index (χ4v) is 4.02. The Balaban J connectivity index is 1.67. The minimum Gasteiger partial charge on any atom is -0.342 e. The van der Waals surface area contributed by atoms with Crippen LogP contribution in [0.25, 0.3) is 10.8 Å². The predicted octanol–water partition coefficient (Wildman–Crippen LogP) is 2.53. The van der Waals surface area contributed by atoms with E-state index in [-0.39, 0.29) is 12.3 Å². The lowest BCUT2D eigenvalue weighted by atomic mass is 10.0. The first-order chi connectivity index (χ1) is 10.9. The van der Waals surface area contributed by atoms with E-state index >= 15 is 0 Å². The smallest absolute Gasteiger partial charge is 0.302 e. The van der Waals surface area contributed by atoms with Crippen molar-refractivity contribution in [3.63, 3.8) is 0 Å². The van der Waals surface area contributed by atoms with Gasteiger partial charge in [0.25, 0.3) is 0 Å². The second-order valence-corrected chi connectivity index (χ2v) is 7.41. The number of carbonyl (C=O) groups is 1. The number of hydrogen-bond donors (Lipinski definition) is 0. The zero-order valence-corrected chi connectivity index (χ0v) is 13.4. The van der Waals surface area contributed by atoms with Gasteiger partial charge in [0.15, 0.2) is 0 Å². The Hall–Kier alpha value is -1.95. The van der Waals surface area contributed by atoms with Gasteiger partial charge in [-0.05, 0) is 22.8 Å². The number of likely N-dealkylation sites (tertiary alicyclic amines) is 1. The van der Waals surface area contributed by atoms with E-state index in [9.17, 15) is 17.1 Å². The van der Waals surface area contributed by atoms with Crippen LogP contribution in [0.15, 0.2) is 42.5 Å². The molecule has 1 amide bonds. The van der Waals surface area contributed by atoms with Crippen LogP contribution < -0.4 is 0 Å². The molecule has 2 aromatic carbocycles. The summed E-state index contributed by atoms with van der Waals surface area (Å²) >= 11 is 0. The molecule has 0 saturated carbocycles. The lowest BCUT2D eigenvalue weighted by Crippen LogP contribution is -2.28. The molecule has 0 aromatic heterocycles. The Morgan fingerprint density at radius 1 is 1.13 bits per heavy atom. The van der Waals surface area contributed by atoms with Gasteiger partial charge in [-0.1, -0.05) is 42.5 Å². The van der Waals surface area contributed by atoms with E-state index in [0.29, 0.717) is 19.5 Å². The molecule has 4 nitrogen and oxygen atoms in total. The number of rotatable bonds is 5. The minimum absolute atomic E-state index is 0.0983. The summed E-state index contributed by atoms with van der Waals surface area (Å²) in [6.45, 7) is 0.836. The average molecular weight is 335 g/mol. The molecule has 1 aliphatic heterocycles. The molecule has 3 rings (SSSR count). The van der Waals surface area contributed by atoms with Crippen LogP contribution in [-0.4, -0.2) is 38.1 Å². The molecule has 0 aliphatic carbocycles. The third-order valence-electron chi connectivity index (χ3n) is 4.26. The second kappa shape index (κ2) is 6.28. The van der Waals surface area contributed by atoms with Gasteiger partial charge in [0.2, 0.25) is 5.91 Å². The number of benzene rings is 2. The maximum Gasteiger partial charge on any atom is 0.302 e. The number of halogens is 1. The maximum absolute atomic E-state index is 12.8. The van der Waals surface area contributed by atoms with Crippen LogP contribution in [0.1, 0.15) is 12.0 Å². The maximum atomic E-state index is 12.8. The van der Waals surface area contributed by atoms with Crippen molar-refractivity contribution in [3.8, 4) is 0 Å². The Kier molecular flexibility index (Phi) is 4.35. The summed E-state index contributed by atoms with van der Waals surface area (Å²) in [6, 6.07) is 14.1. The van der Waals surface area contributed by atoms with Crippen molar-refractivity contribution in [2.75, 3.05) is 18.8 Å². The molecule has 0 N–H and O–H groups in total. The van der Waals surface area contributed by atoms with Crippen LogP contribution in [0, 0.1) is 5.92 Å². The number of hydrogen-bond acceptors (Lipinski definition) is 3. The topological polar surface area (TPSA) is 54.5 Å². The minimum atomic E-state index is -4.53. The number of nitrogens with zero attached hydrogens (tertiary/aromatic N) is 1. The Morgan fingerprint density at radius 3 is 2.65 bits per heavy atom. The molecule has 1 unspecified atom stereocenters. The first kappa shape index (κ1) is 15.9. The fraction of sp³-hybridized carbons (Fsp3) is 0.353. The molecular weight excluding hydrogens is 317 g/mol. The first-order valence-electron chi connectivity index (χ1n) is 7.59. The lowest BCUT2D eigenvalue weighted by Gasteiger charge is -2.17. The largest absolute Gasteiger partial charge is 0.342 e. The van der Waals surface area contributed by atoms with Gasteiger partial charge in [-0.25, -0.2) is 0 Å². The van der Waals surface area contributed by atoms with Gasteiger partial charge in [0, 0.05) is 25.4 Å². The highest BCUT2D eigenvalue weighted by Crippen LogP contribution is 2.23. The molecule has 6 heteroatoms. The van der Waals surface area contributed by atoms with E-state index in [1.807, 2.05) is 36.4 Å². The molecule has 1 atom stereocenters.